The molecule has 1 aliphatic heterocycles. The second-order valence-electron chi connectivity index (χ2n) is 4.93. The molecule has 0 amide bonds. The quantitative estimate of drug-likeness (QED) is 0.608. The van der Waals surface area contributed by atoms with Gasteiger partial charge in [0, 0.05) is 18.7 Å². The van der Waals surface area contributed by atoms with E-state index in [0.717, 1.165) is 18.5 Å². The molecule has 1 heterocycles. The zero-order valence-electron chi connectivity index (χ0n) is 10.7. The molecule has 1 aromatic rings. The molecule has 1 fully saturated rings. The summed E-state index contributed by atoms with van der Waals surface area (Å²) >= 11 is 0. The van der Waals surface area contributed by atoms with Gasteiger partial charge in [0.05, 0.1) is 4.92 Å². The van der Waals surface area contributed by atoms with E-state index in [1.807, 2.05) is 6.07 Å². The molecule has 0 radical (unpaired) electrons. The number of nitrogens with zero attached hydrogens (tertiary/aromatic N) is 2. The van der Waals surface area contributed by atoms with Crippen molar-refractivity contribution < 1.29 is 4.92 Å². The van der Waals surface area contributed by atoms with Gasteiger partial charge in [-0.05, 0) is 37.9 Å². The molecule has 0 unspecified atom stereocenters. The largest absolute Gasteiger partial charge is 0.303 e. The van der Waals surface area contributed by atoms with Crippen LogP contribution in [0, 0.1) is 10.1 Å². The molecule has 1 saturated heterocycles. The second kappa shape index (κ2) is 6.50. The van der Waals surface area contributed by atoms with Gasteiger partial charge in [-0.3, -0.25) is 10.1 Å². The lowest BCUT2D eigenvalue weighted by atomic mass is 10.1. The molecule has 0 aliphatic carbocycles. The van der Waals surface area contributed by atoms with Crippen LogP contribution in [0.3, 0.4) is 0 Å². The summed E-state index contributed by atoms with van der Waals surface area (Å²) in [6.07, 6.45) is 6.16. The molecule has 0 spiro atoms. The Morgan fingerprint density at radius 3 is 2.56 bits per heavy atom. The first-order valence-electron chi connectivity index (χ1n) is 6.71. The van der Waals surface area contributed by atoms with Gasteiger partial charge in [-0.1, -0.05) is 25.0 Å². The summed E-state index contributed by atoms with van der Waals surface area (Å²) in [5.74, 6) is 0. The molecule has 0 saturated carbocycles. The van der Waals surface area contributed by atoms with Crippen LogP contribution in [0.4, 0.5) is 5.69 Å². The van der Waals surface area contributed by atoms with Crippen LogP contribution in [0.25, 0.3) is 0 Å². The number of likely N-dealkylation sites (tertiary alicyclic amines) is 1. The van der Waals surface area contributed by atoms with Crippen molar-refractivity contribution in [1.29, 1.82) is 0 Å². The SMILES string of the molecule is O=[N+]([O-])c1cccc(CCN2CCCCCC2)c1. The molecule has 18 heavy (non-hydrogen) atoms. The summed E-state index contributed by atoms with van der Waals surface area (Å²) in [4.78, 5) is 12.9. The Labute approximate surface area is 108 Å². The maximum Gasteiger partial charge on any atom is 0.269 e. The zero-order valence-corrected chi connectivity index (χ0v) is 10.7. The third-order valence-electron chi connectivity index (χ3n) is 3.54. The highest BCUT2D eigenvalue weighted by Crippen LogP contribution is 2.15. The maximum absolute atomic E-state index is 10.7. The molecule has 0 N–H and O–H groups in total. The van der Waals surface area contributed by atoms with E-state index in [9.17, 15) is 10.1 Å². The number of rotatable bonds is 4. The van der Waals surface area contributed by atoms with E-state index in [0.29, 0.717) is 0 Å². The minimum Gasteiger partial charge on any atom is -0.303 e. The highest BCUT2D eigenvalue weighted by atomic mass is 16.6. The highest BCUT2D eigenvalue weighted by molar-refractivity contribution is 5.34. The number of non-ortho nitro benzene ring substituents is 1. The predicted molar refractivity (Wildman–Crippen MR) is 71.7 cm³/mol. The minimum atomic E-state index is -0.324. The highest BCUT2D eigenvalue weighted by Gasteiger charge is 2.10. The first-order chi connectivity index (χ1) is 8.75. The van der Waals surface area contributed by atoms with Crippen molar-refractivity contribution in [3.63, 3.8) is 0 Å². The van der Waals surface area contributed by atoms with Crippen molar-refractivity contribution in [3.05, 3.63) is 39.9 Å². The summed E-state index contributed by atoms with van der Waals surface area (Å²) in [6.45, 7) is 3.37. The van der Waals surface area contributed by atoms with Crippen LogP contribution >= 0.6 is 0 Å². The first-order valence-corrected chi connectivity index (χ1v) is 6.71. The van der Waals surface area contributed by atoms with Gasteiger partial charge in [0.15, 0.2) is 0 Å². The molecular formula is C14H20N2O2. The minimum absolute atomic E-state index is 0.198. The molecule has 98 valence electrons. The number of benzene rings is 1. The number of hydrogen-bond acceptors (Lipinski definition) is 3. The summed E-state index contributed by atoms with van der Waals surface area (Å²) in [5.41, 5.74) is 1.26. The number of nitro benzene ring substituents is 1. The Balaban J connectivity index is 1.88. The lowest BCUT2D eigenvalue weighted by Gasteiger charge is -2.19. The van der Waals surface area contributed by atoms with Gasteiger partial charge in [0.1, 0.15) is 0 Å². The van der Waals surface area contributed by atoms with Gasteiger partial charge in [-0.25, -0.2) is 0 Å². The Morgan fingerprint density at radius 2 is 1.89 bits per heavy atom. The van der Waals surface area contributed by atoms with E-state index in [4.69, 9.17) is 0 Å². The van der Waals surface area contributed by atoms with Crippen molar-refractivity contribution in [3.8, 4) is 0 Å². The summed E-state index contributed by atoms with van der Waals surface area (Å²) < 4.78 is 0. The summed E-state index contributed by atoms with van der Waals surface area (Å²) in [7, 11) is 0. The van der Waals surface area contributed by atoms with Gasteiger partial charge < -0.3 is 4.90 Å². The van der Waals surface area contributed by atoms with Crippen molar-refractivity contribution in [1.82, 2.24) is 4.90 Å². The molecule has 1 aromatic carbocycles. The van der Waals surface area contributed by atoms with E-state index in [2.05, 4.69) is 4.90 Å². The van der Waals surface area contributed by atoms with E-state index < -0.39 is 0 Å². The van der Waals surface area contributed by atoms with E-state index >= 15 is 0 Å². The van der Waals surface area contributed by atoms with Gasteiger partial charge in [0.2, 0.25) is 0 Å². The van der Waals surface area contributed by atoms with Crippen molar-refractivity contribution >= 4 is 5.69 Å². The van der Waals surface area contributed by atoms with Crippen LogP contribution in [-0.4, -0.2) is 29.5 Å². The average molecular weight is 248 g/mol. The second-order valence-corrected chi connectivity index (χ2v) is 4.93. The number of nitro groups is 1. The number of hydrogen-bond donors (Lipinski definition) is 0. The predicted octanol–water partition coefficient (Wildman–Crippen LogP) is 3.01. The topological polar surface area (TPSA) is 46.4 Å². The fraction of sp³-hybridized carbons (Fsp3) is 0.571. The molecule has 0 aromatic heterocycles. The van der Waals surface area contributed by atoms with Crippen LogP contribution in [0.1, 0.15) is 31.2 Å². The fourth-order valence-corrected chi connectivity index (χ4v) is 2.47. The molecule has 4 nitrogen and oxygen atoms in total. The average Bonchev–Trinajstić information content (AvgIpc) is 2.65. The van der Waals surface area contributed by atoms with Crippen LogP contribution in [-0.2, 0) is 6.42 Å². The smallest absolute Gasteiger partial charge is 0.269 e. The van der Waals surface area contributed by atoms with Crippen molar-refractivity contribution in [2.45, 2.75) is 32.1 Å². The van der Waals surface area contributed by atoms with Crippen LogP contribution in [0.2, 0.25) is 0 Å². The first kappa shape index (κ1) is 13.0. The zero-order chi connectivity index (χ0) is 12.8. The molecule has 4 heteroatoms. The molecular weight excluding hydrogens is 228 g/mol. The molecule has 2 rings (SSSR count). The maximum atomic E-state index is 10.7. The van der Waals surface area contributed by atoms with Crippen molar-refractivity contribution in [2.24, 2.45) is 0 Å². The van der Waals surface area contributed by atoms with Gasteiger partial charge >= 0.3 is 0 Å². The van der Waals surface area contributed by atoms with E-state index in [-0.39, 0.29) is 10.6 Å². The monoisotopic (exact) mass is 248 g/mol. The molecule has 0 bridgehead atoms. The van der Waals surface area contributed by atoms with Crippen LogP contribution in [0.15, 0.2) is 24.3 Å². The fourth-order valence-electron chi connectivity index (χ4n) is 2.47. The van der Waals surface area contributed by atoms with Crippen LogP contribution in [0.5, 0.6) is 0 Å². The molecule has 0 atom stereocenters. The summed E-state index contributed by atoms with van der Waals surface area (Å²) in [5, 5.41) is 10.7. The van der Waals surface area contributed by atoms with Gasteiger partial charge in [-0.2, -0.15) is 0 Å². The molecule has 1 aliphatic rings. The van der Waals surface area contributed by atoms with Crippen LogP contribution < -0.4 is 0 Å². The Hall–Kier alpha value is -1.42. The van der Waals surface area contributed by atoms with Crippen molar-refractivity contribution in [2.75, 3.05) is 19.6 Å². The van der Waals surface area contributed by atoms with E-state index in [1.165, 1.54) is 38.8 Å². The third-order valence-corrected chi connectivity index (χ3v) is 3.54. The lowest BCUT2D eigenvalue weighted by Crippen LogP contribution is -2.26. The Bertz CT molecular complexity index is 399. The lowest BCUT2D eigenvalue weighted by molar-refractivity contribution is -0.384. The normalized spacial score (nSPS) is 17.3. The van der Waals surface area contributed by atoms with E-state index in [1.54, 1.807) is 18.2 Å². The van der Waals surface area contributed by atoms with Gasteiger partial charge in [-0.15, -0.1) is 0 Å². The van der Waals surface area contributed by atoms with Gasteiger partial charge in [0.25, 0.3) is 5.69 Å². The summed E-state index contributed by atoms with van der Waals surface area (Å²) in [6, 6.07) is 6.99. The standard InChI is InChI=1S/C14H20N2O2/c17-16(18)14-7-5-6-13(12-14)8-11-15-9-3-1-2-4-10-15/h5-7,12H,1-4,8-11H2. The third kappa shape index (κ3) is 3.81. The Kier molecular flexibility index (Phi) is 4.70. The Morgan fingerprint density at radius 1 is 1.17 bits per heavy atom.